The first-order valence-corrected chi connectivity index (χ1v) is 8.22. The molecule has 0 aromatic heterocycles. The normalized spacial score (nSPS) is 33.7. The molecule has 0 radical (unpaired) electrons. The summed E-state index contributed by atoms with van der Waals surface area (Å²) in [6, 6.07) is 7.80. The van der Waals surface area contributed by atoms with E-state index in [1.807, 2.05) is 24.3 Å². The van der Waals surface area contributed by atoms with Crippen LogP contribution in [0.4, 0.5) is 0 Å². The molecule has 1 aromatic carbocycles. The number of imide groups is 1. The van der Waals surface area contributed by atoms with Gasteiger partial charge in [0.25, 0.3) is 0 Å². The highest BCUT2D eigenvalue weighted by Crippen LogP contribution is 2.49. The van der Waals surface area contributed by atoms with Crippen LogP contribution in [0.25, 0.3) is 0 Å². The number of hydrogen-bond donors (Lipinski definition) is 0. The SMILES string of the molecule is O=C1[C@@H]2[C@@H](C(=O)N1Cc1ccc(Br)cc1)[C@@H]1C=C[C@@H]2CC1. The zero-order chi connectivity index (χ0) is 14.6. The molecule has 2 amide bonds. The van der Waals surface area contributed by atoms with Crippen LogP contribution in [0, 0.1) is 23.7 Å². The number of rotatable bonds is 2. The number of amides is 2. The predicted molar refractivity (Wildman–Crippen MR) is 82.0 cm³/mol. The quantitative estimate of drug-likeness (QED) is 0.609. The van der Waals surface area contributed by atoms with E-state index in [2.05, 4.69) is 28.1 Å². The van der Waals surface area contributed by atoms with Crippen LogP contribution in [0.15, 0.2) is 40.9 Å². The second-order valence-corrected chi connectivity index (χ2v) is 7.15. The average Bonchev–Trinajstić information content (AvgIpc) is 2.78. The van der Waals surface area contributed by atoms with E-state index >= 15 is 0 Å². The standard InChI is InChI=1S/C17H16BrNO2/c18-13-7-1-10(2-8-13)9-19-16(20)14-11-3-4-12(6-5-11)15(14)17(19)21/h1-4,7-8,11-12,14-15H,5-6,9H2/t11-,12-,14+,15+/m1/s1. The second-order valence-electron chi connectivity index (χ2n) is 6.23. The Morgan fingerprint density at radius 1 is 0.952 bits per heavy atom. The molecule has 3 nitrogen and oxygen atoms in total. The van der Waals surface area contributed by atoms with Gasteiger partial charge in [-0.3, -0.25) is 14.5 Å². The van der Waals surface area contributed by atoms with Gasteiger partial charge in [0.15, 0.2) is 0 Å². The van der Waals surface area contributed by atoms with E-state index in [4.69, 9.17) is 0 Å². The molecule has 1 aromatic rings. The Morgan fingerprint density at radius 2 is 1.48 bits per heavy atom. The first-order valence-electron chi connectivity index (χ1n) is 7.43. The lowest BCUT2D eigenvalue weighted by atomic mass is 9.63. The number of fused-ring (bicyclic) bond motifs is 1. The molecule has 4 heteroatoms. The first-order chi connectivity index (χ1) is 10.1. The van der Waals surface area contributed by atoms with Crippen molar-refractivity contribution in [2.45, 2.75) is 19.4 Å². The highest BCUT2D eigenvalue weighted by atomic mass is 79.9. The maximum absolute atomic E-state index is 12.7. The van der Waals surface area contributed by atoms with Crippen LogP contribution in [-0.2, 0) is 16.1 Å². The fourth-order valence-electron chi connectivity index (χ4n) is 4.06. The molecule has 5 rings (SSSR count). The highest BCUT2D eigenvalue weighted by Gasteiger charge is 2.56. The molecular weight excluding hydrogens is 330 g/mol. The Balaban J connectivity index is 1.61. The van der Waals surface area contributed by atoms with Gasteiger partial charge in [0.2, 0.25) is 11.8 Å². The van der Waals surface area contributed by atoms with E-state index in [1.54, 1.807) is 0 Å². The monoisotopic (exact) mass is 345 g/mol. The van der Waals surface area contributed by atoms with E-state index in [0.29, 0.717) is 6.54 Å². The number of hydrogen-bond acceptors (Lipinski definition) is 2. The maximum atomic E-state index is 12.7. The molecule has 1 heterocycles. The molecule has 1 saturated carbocycles. The summed E-state index contributed by atoms with van der Waals surface area (Å²) in [6.45, 7) is 0.400. The van der Waals surface area contributed by atoms with Crippen molar-refractivity contribution in [3.05, 3.63) is 46.5 Å². The van der Waals surface area contributed by atoms with Crippen molar-refractivity contribution >= 4 is 27.7 Å². The van der Waals surface area contributed by atoms with Gasteiger partial charge in [-0.05, 0) is 42.4 Å². The Bertz CT molecular complexity index is 605. The lowest BCUT2D eigenvalue weighted by Gasteiger charge is -2.38. The zero-order valence-corrected chi connectivity index (χ0v) is 13.1. The topological polar surface area (TPSA) is 37.4 Å². The number of halogens is 1. The van der Waals surface area contributed by atoms with E-state index in [1.165, 1.54) is 4.90 Å². The molecule has 21 heavy (non-hydrogen) atoms. The van der Waals surface area contributed by atoms with Crippen molar-refractivity contribution < 1.29 is 9.59 Å². The molecule has 0 unspecified atom stereocenters. The Morgan fingerprint density at radius 3 is 1.95 bits per heavy atom. The highest BCUT2D eigenvalue weighted by molar-refractivity contribution is 9.10. The number of likely N-dealkylation sites (tertiary alicyclic amines) is 1. The molecule has 0 N–H and O–H groups in total. The van der Waals surface area contributed by atoms with E-state index in [9.17, 15) is 9.59 Å². The minimum atomic E-state index is -0.100. The fraction of sp³-hybridized carbons (Fsp3) is 0.412. The summed E-state index contributed by atoms with van der Waals surface area (Å²) >= 11 is 3.40. The van der Waals surface area contributed by atoms with Crippen LogP contribution >= 0.6 is 15.9 Å². The lowest BCUT2D eigenvalue weighted by Crippen LogP contribution is -2.38. The van der Waals surface area contributed by atoms with Crippen LogP contribution in [0.1, 0.15) is 18.4 Å². The number of nitrogens with zero attached hydrogens (tertiary/aromatic N) is 1. The van der Waals surface area contributed by atoms with E-state index < -0.39 is 0 Å². The third-order valence-corrected chi connectivity index (χ3v) is 5.63. The van der Waals surface area contributed by atoms with Crippen LogP contribution in [0.5, 0.6) is 0 Å². The molecule has 1 aliphatic heterocycles. The third kappa shape index (κ3) is 2.00. The molecular formula is C17H16BrNO2. The van der Waals surface area contributed by atoms with Crippen molar-refractivity contribution in [2.75, 3.05) is 0 Å². The minimum Gasteiger partial charge on any atom is -0.278 e. The van der Waals surface area contributed by atoms with Gasteiger partial charge < -0.3 is 0 Å². The van der Waals surface area contributed by atoms with Crippen molar-refractivity contribution in [3.8, 4) is 0 Å². The minimum absolute atomic E-state index is 0.0342. The van der Waals surface area contributed by atoms with Gasteiger partial charge >= 0.3 is 0 Å². The maximum Gasteiger partial charge on any atom is 0.234 e. The van der Waals surface area contributed by atoms with Crippen molar-refractivity contribution in [3.63, 3.8) is 0 Å². The average molecular weight is 346 g/mol. The summed E-state index contributed by atoms with van der Waals surface area (Å²) < 4.78 is 1.00. The number of carbonyl (C=O) groups excluding carboxylic acids is 2. The molecule has 4 aliphatic rings. The van der Waals surface area contributed by atoms with Crippen molar-refractivity contribution in [1.82, 2.24) is 4.90 Å². The predicted octanol–water partition coefficient (Wildman–Crippen LogP) is 3.15. The molecule has 3 aliphatic carbocycles. The lowest BCUT2D eigenvalue weighted by molar-refractivity contribution is -0.140. The Kier molecular flexibility index (Phi) is 3.03. The van der Waals surface area contributed by atoms with Gasteiger partial charge in [-0.2, -0.15) is 0 Å². The molecule has 1 saturated heterocycles. The molecule has 108 valence electrons. The Hall–Kier alpha value is -1.42. The van der Waals surface area contributed by atoms with Crippen molar-refractivity contribution in [1.29, 1.82) is 0 Å². The molecule has 2 bridgehead atoms. The summed E-state index contributed by atoms with van der Waals surface area (Å²) in [5.74, 6) is 0.407. The fourth-order valence-corrected chi connectivity index (χ4v) is 4.33. The van der Waals surface area contributed by atoms with Crippen LogP contribution in [0.2, 0.25) is 0 Å². The van der Waals surface area contributed by atoms with Crippen LogP contribution < -0.4 is 0 Å². The van der Waals surface area contributed by atoms with Crippen LogP contribution in [0.3, 0.4) is 0 Å². The third-order valence-electron chi connectivity index (χ3n) is 5.10. The number of carbonyl (C=O) groups is 2. The summed E-state index contributed by atoms with van der Waals surface area (Å²) in [7, 11) is 0. The number of benzene rings is 1. The Labute approximate surface area is 132 Å². The second kappa shape index (κ2) is 4.80. The van der Waals surface area contributed by atoms with Gasteiger partial charge in [0, 0.05) is 4.47 Å². The van der Waals surface area contributed by atoms with Crippen LogP contribution in [-0.4, -0.2) is 16.7 Å². The summed E-state index contributed by atoms with van der Waals surface area (Å²) in [6.07, 6.45) is 6.41. The summed E-state index contributed by atoms with van der Waals surface area (Å²) in [4.78, 5) is 26.8. The molecule has 2 fully saturated rings. The zero-order valence-electron chi connectivity index (χ0n) is 11.5. The molecule has 4 atom stereocenters. The summed E-state index contributed by atoms with van der Waals surface area (Å²) in [5.41, 5.74) is 0.999. The van der Waals surface area contributed by atoms with Gasteiger partial charge in [-0.15, -0.1) is 0 Å². The van der Waals surface area contributed by atoms with Crippen molar-refractivity contribution in [2.24, 2.45) is 23.7 Å². The smallest absolute Gasteiger partial charge is 0.234 e. The largest absolute Gasteiger partial charge is 0.278 e. The van der Waals surface area contributed by atoms with Gasteiger partial charge in [-0.1, -0.05) is 40.2 Å². The van der Waals surface area contributed by atoms with E-state index in [0.717, 1.165) is 22.9 Å². The summed E-state index contributed by atoms with van der Waals surface area (Å²) in [5, 5.41) is 0. The molecule has 0 spiro atoms. The van der Waals surface area contributed by atoms with Gasteiger partial charge in [0.1, 0.15) is 0 Å². The van der Waals surface area contributed by atoms with Gasteiger partial charge in [0.05, 0.1) is 18.4 Å². The first kappa shape index (κ1) is 13.3. The van der Waals surface area contributed by atoms with Gasteiger partial charge in [-0.25, -0.2) is 0 Å². The number of allylic oxidation sites excluding steroid dienone is 2. The van der Waals surface area contributed by atoms with E-state index in [-0.39, 0.29) is 35.5 Å².